The topological polar surface area (TPSA) is 49.8 Å². The van der Waals surface area contributed by atoms with Crippen LogP contribution in [0.3, 0.4) is 0 Å². The Morgan fingerprint density at radius 2 is 2.05 bits per heavy atom. The van der Waals surface area contributed by atoms with E-state index < -0.39 is 0 Å². The highest BCUT2D eigenvalue weighted by atomic mass is 16.5. The molecule has 0 radical (unpaired) electrons. The first-order valence-corrected chi connectivity index (χ1v) is 8.91. The van der Waals surface area contributed by atoms with Gasteiger partial charge in [-0.1, -0.05) is 12.5 Å². The van der Waals surface area contributed by atoms with Gasteiger partial charge < -0.3 is 14.7 Å². The Morgan fingerprint density at radius 3 is 2.77 bits per heavy atom. The van der Waals surface area contributed by atoms with Crippen molar-refractivity contribution in [2.45, 2.75) is 64.0 Å². The zero-order valence-electron chi connectivity index (χ0n) is 13.7. The van der Waals surface area contributed by atoms with E-state index in [1.54, 1.807) is 0 Å². The predicted molar refractivity (Wildman–Crippen MR) is 85.4 cm³/mol. The summed E-state index contributed by atoms with van der Waals surface area (Å²) in [6.45, 7) is 4.34. The van der Waals surface area contributed by atoms with E-state index >= 15 is 0 Å². The molecule has 0 aromatic carbocycles. The van der Waals surface area contributed by atoms with Gasteiger partial charge in [-0.25, -0.2) is 0 Å². The lowest BCUT2D eigenvalue weighted by molar-refractivity contribution is -0.131. The number of aliphatic hydroxyl groups excluding tert-OH is 1. The fraction of sp³-hybridized carbons (Fsp3) is 0.833. The van der Waals surface area contributed by atoms with Crippen molar-refractivity contribution in [3.05, 3.63) is 11.6 Å². The van der Waals surface area contributed by atoms with Crippen LogP contribution in [-0.2, 0) is 9.53 Å². The molecule has 2 aliphatic heterocycles. The summed E-state index contributed by atoms with van der Waals surface area (Å²) in [5.74, 6) is 1.04. The van der Waals surface area contributed by atoms with Crippen LogP contribution >= 0.6 is 0 Å². The zero-order chi connectivity index (χ0) is 15.5. The van der Waals surface area contributed by atoms with Crippen LogP contribution in [0.15, 0.2) is 11.6 Å². The van der Waals surface area contributed by atoms with Gasteiger partial charge in [0.05, 0.1) is 12.7 Å². The Balaban J connectivity index is 1.64. The van der Waals surface area contributed by atoms with E-state index in [1.807, 2.05) is 11.0 Å². The maximum atomic E-state index is 12.7. The van der Waals surface area contributed by atoms with Crippen molar-refractivity contribution in [3.8, 4) is 0 Å². The molecule has 0 aromatic rings. The van der Waals surface area contributed by atoms with Gasteiger partial charge in [0.2, 0.25) is 5.91 Å². The monoisotopic (exact) mass is 307 g/mol. The highest BCUT2D eigenvalue weighted by Crippen LogP contribution is 2.31. The smallest absolute Gasteiger partial charge is 0.246 e. The molecule has 0 bridgehead atoms. The number of hydrogen-bond donors (Lipinski definition) is 1. The van der Waals surface area contributed by atoms with Crippen LogP contribution in [-0.4, -0.2) is 47.8 Å². The summed E-state index contributed by atoms with van der Waals surface area (Å²) >= 11 is 0. The van der Waals surface area contributed by atoms with Crippen LogP contribution in [0.5, 0.6) is 0 Å². The molecule has 22 heavy (non-hydrogen) atoms. The number of carbonyl (C=O) groups is 1. The first-order chi connectivity index (χ1) is 10.6. The van der Waals surface area contributed by atoms with Gasteiger partial charge in [0.15, 0.2) is 0 Å². The Morgan fingerprint density at radius 1 is 1.27 bits per heavy atom. The van der Waals surface area contributed by atoms with Crippen LogP contribution in [0, 0.1) is 11.8 Å². The third-order valence-corrected chi connectivity index (χ3v) is 5.68. The molecule has 3 unspecified atom stereocenters. The van der Waals surface area contributed by atoms with Gasteiger partial charge in [-0.15, -0.1) is 0 Å². The van der Waals surface area contributed by atoms with Gasteiger partial charge in [-0.05, 0) is 50.9 Å². The quantitative estimate of drug-likeness (QED) is 0.798. The SMILES string of the molecule is CC1CCC(=CC(=O)N2CCCC2C2COCCC2O)CC1. The maximum Gasteiger partial charge on any atom is 0.246 e. The second-order valence-electron chi connectivity index (χ2n) is 7.32. The van der Waals surface area contributed by atoms with E-state index in [0.717, 1.165) is 38.1 Å². The van der Waals surface area contributed by atoms with Crippen molar-refractivity contribution < 1.29 is 14.6 Å². The van der Waals surface area contributed by atoms with Gasteiger partial charge in [-0.2, -0.15) is 0 Å². The summed E-state index contributed by atoms with van der Waals surface area (Å²) in [7, 11) is 0. The van der Waals surface area contributed by atoms with Crippen LogP contribution in [0.4, 0.5) is 0 Å². The zero-order valence-corrected chi connectivity index (χ0v) is 13.7. The molecule has 0 spiro atoms. The Kier molecular flexibility index (Phi) is 5.19. The molecular weight excluding hydrogens is 278 g/mol. The molecule has 2 saturated heterocycles. The minimum Gasteiger partial charge on any atom is -0.393 e. The van der Waals surface area contributed by atoms with E-state index in [-0.39, 0.29) is 24.0 Å². The maximum absolute atomic E-state index is 12.7. The largest absolute Gasteiger partial charge is 0.393 e. The van der Waals surface area contributed by atoms with Gasteiger partial charge in [0.1, 0.15) is 0 Å². The molecule has 124 valence electrons. The third kappa shape index (κ3) is 3.54. The molecule has 1 N–H and O–H groups in total. The fourth-order valence-electron chi connectivity index (χ4n) is 4.16. The van der Waals surface area contributed by atoms with E-state index in [2.05, 4.69) is 6.92 Å². The lowest BCUT2D eigenvalue weighted by Crippen LogP contribution is -2.47. The number of allylic oxidation sites excluding steroid dienone is 1. The molecular formula is C18H29NO3. The number of ether oxygens (including phenoxy) is 1. The molecule has 0 aromatic heterocycles. The van der Waals surface area contributed by atoms with Crippen LogP contribution in [0.25, 0.3) is 0 Å². The third-order valence-electron chi connectivity index (χ3n) is 5.68. The van der Waals surface area contributed by atoms with E-state index in [0.29, 0.717) is 19.6 Å². The molecule has 1 amide bonds. The average molecular weight is 307 g/mol. The number of aliphatic hydroxyl groups is 1. The molecule has 3 rings (SSSR count). The van der Waals surface area contributed by atoms with E-state index in [9.17, 15) is 9.90 Å². The summed E-state index contributed by atoms with van der Waals surface area (Å²) in [6.07, 6.45) is 8.85. The minimum atomic E-state index is -0.324. The van der Waals surface area contributed by atoms with Gasteiger partial charge >= 0.3 is 0 Å². The summed E-state index contributed by atoms with van der Waals surface area (Å²) in [5, 5.41) is 10.2. The van der Waals surface area contributed by atoms with Crippen molar-refractivity contribution in [1.82, 2.24) is 4.90 Å². The van der Waals surface area contributed by atoms with Crippen LogP contribution in [0.2, 0.25) is 0 Å². The standard InChI is InChI=1S/C18H29NO3/c1-13-4-6-14(7-5-13)11-18(21)19-9-2-3-16(19)15-12-22-10-8-17(15)20/h11,13,15-17,20H,2-10,12H2,1H3. The number of amides is 1. The number of hydrogen-bond acceptors (Lipinski definition) is 3. The number of nitrogens with zero attached hydrogens (tertiary/aromatic N) is 1. The number of likely N-dealkylation sites (tertiary alicyclic amines) is 1. The minimum absolute atomic E-state index is 0.0879. The van der Waals surface area contributed by atoms with Crippen molar-refractivity contribution in [2.75, 3.05) is 19.8 Å². The molecule has 3 fully saturated rings. The lowest BCUT2D eigenvalue weighted by Gasteiger charge is -2.36. The Bertz CT molecular complexity index is 424. The summed E-state index contributed by atoms with van der Waals surface area (Å²) in [5.41, 5.74) is 1.31. The predicted octanol–water partition coefficient (Wildman–Crippen LogP) is 2.51. The van der Waals surface area contributed by atoms with Gasteiger partial charge in [-0.3, -0.25) is 4.79 Å². The van der Waals surface area contributed by atoms with E-state index in [4.69, 9.17) is 4.74 Å². The second-order valence-corrected chi connectivity index (χ2v) is 7.32. The lowest BCUT2D eigenvalue weighted by atomic mass is 9.86. The normalized spacial score (nSPS) is 36.5. The summed E-state index contributed by atoms with van der Waals surface area (Å²) in [4.78, 5) is 14.7. The number of rotatable bonds is 2. The molecule has 3 aliphatic rings. The second kappa shape index (κ2) is 7.14. The summed E-state index contributed by atoms with van der Waals surface area (Å²) in [6, 6.07) is 0.155. The van der Waals surface area contributed by atoms with Crippen LogP contribution in [0.1, 0.15) is 51.9 Å². The highest BCUT2D eigenvalue weighted by Gasteiger charge is 2.39. The molecule has 2 heterocycles. The Labute approximate surface area is 133 Å². The first-order valence-electron chi connectivity index (χ1n) is 8.91. The van der Waals surface area contributed by atoms with E-state index in [1.165, 1.54) is 18.4 Å². The van der Waals surface area contributed by atoms with Crippen molar-refractivity contribution >= 4 is 5.91 Å². The molecule has 4 heteroatoms. The number of carbonyl (C=O) groups excluding carboxylic acids is 1. The fourth-order valence-corrected chi connectivity index (χ4v) is 4.16. The van der Waals surface area contributed by atoms with Gasteiger partial charge in [0.25, 0.3) is 0 Å². The Hall–Kier alpha value is -0.870. The molecule has 1 aliphatic carbocycles. The van der Waals surface area contributed by atoms with Crippen LogP contribution < -0.4 is 0 Å². The summed E-state index contributed by atoms with van der Waals surface area (Å²) < 4.78 is 5.54. The molecule has 3 atom stereocenters. The first kappa shape index (κ1) is 16.0. The molecule has 1 saturated carbocycles. The van der Waals surface area contributed by atoms with Crippen molar-refractivity contribution in [2.24, 2.45) is 11.8 Å². The molecule has 4 nitrogen and oxygen atoms in total. The van der Waals surface area contributed by atoms with Crippen molar-refractivity contribution in [3.63, 3.8) is 0 Å². The average Bonchev–Trinajstić information content (AvgIpc) is 2.99. The van der Waals surface area contributed by atoms with Crippen molar-refractivity contribution in [1.29, 1.82) is 0 Å². The highest BCUT2D eigenvalue weighted by molar-refractivity contribution is 5.88. The van der Waals surface area contributed by atoms with Gasteiger partial charge in [0, 0.05) is 31.2 Å².